The summed E-state index contributed by atoms with van der Waals surface area (Å²) in [4.78, 5) is 13.2. The molecule has 2 heterocycles. The Morgan fingerprint density at radius 3 is 2.19 bits per heavy atom. The van der Waals surface area contributed by atoms with Gasteiger partial charge in [0, 0.05) is 19.3 Å². The van der Waals surface area contributed by atoms with Crippen LogP contribution in [0.3, 0.4) is 0 Å². The lowest BCUT2D eigenvalue weighted by atomic mass is 9.94. The molecule has 0 radical (unpaired) electrons. The molecule has 2 saturated heterocycles. The van der Waals surface area contributed by atoms with E-state index in [-0.39, 0.29) is 18.3 Å². The maximum Gasteiger partial charge on any atom is 0.306 e. The summed E-state index contributed by atoms with van der Waals surface area (Å²) in [5.74, 6) is -0.734. The van der Waals surface area contributed by atoms with Gasteiger partial charge in [-0.2, -0.15) is 0 Å². The first kappa shape index (κ1) is 13.7. The van der Waals surface area contributed by atoms with E-state index in [4.69, 9.17) is 9.84 Å². The molecule has 0 atom stereocenters. The predicted molar refractivity (Wildman–Crippen MR) is 63.0 cm³/mol. The normalized spacial score (nSPS) is 25.0. The lowest BCUT2D eigenvalue weighted by Gasteiger charge is -2.38. The highest BCUT2D eigenvalue weighted by atomic mass is 35.5. The van der Waals surface area contributed by atoms with E-state index in [0.29, 0.717) is 6.04 Å². The van der Waals surface area contributed by atoms with Crippen molar-refractivity contribution in [1.82, 2.24) is 4.90 Å². The van der Waals surface area contributed by atoms with E-state index in [9.17, 15) is 4.79 Å². The molecular weight excluding hydrogens is 230 g/mol. The van der Waals surface area contributed by atoms with E-state index in [2.05, 4.69) is 4.90 Å². The minimum Gasteiger partial charge on any atom is -0.481 e. The van der Waals surface area contributed by atoms with E-state index in [1.54, 1.807) is 0 Å². The van der Waals surface area contributed by atoms with Crippen LogP contribution in [0.1, 0.15) is 25.7 Å². The lowest BCUT2D eigenvalue weighted by Crippen LogP contribution is -2.45. The summed E-state index contributed by atoms with van der Waals surface area (Å²) in [6, 6.07) is 0.633. The van der Waals surface area contributed by atoms with Crippen LogP contribution in [0.2, 0.25) is 0 Å². The number of ether oxygens (including phenoxy) is 1. The molecule has 16 heavy (non-hydrogen) atoms. The molecule has 0 bridgehead atoms. The van der Waals surface area contributed by atoms with Crippen molar-refractivity contribution in [2.75, 3.05) is 26.3 Å². The Morgan fingerprint density at radius 1 is 1.12 bits per heavy atom. The fourth-order valence-corrected chi connectivity index (χ4v) is 2.56. The Balaban J connectivity index is 0.00000128. The number of likely N-dealkylation sites (tertiary alicyclic amines) is 1. The first-order valence-electron chi connectivity index (χ1n) is 5.82. The van der Waals surface area contributed by atoms with E-state index in [1.165, 1.54) is 0 Å². The Hall–Kier alpha value is -0.320. The third-order valence-corrected chi connectivity index (χ3v) is 3.59. The van der Waals surface area contributed by atoms with Crippen molar-refractivity contribution in [2.24, 2.45) is 5.92 Å². The van der Waals surface area contributed by atoms with Crippen LogP contribution < -0.4 is 0 Å². The molecule has 0 amide bonds. The van der Waals surface area contributed by atoms with Crippen LogP contribution in [-0.2, 0) is 9.53 Å². The summed E-state index contributed by atoms with van der Waals surface area (Å²) in [7, 11) is 0. The molecule has 94 valence electrons. The van der Waals surface area contributed by atoms with Crippen LogP contribution in [-0.4, -0.2) is 48.3 Å². The number of nitrogens with zero attached hydrogens (tertiary/aromatic N) is 1. The zero-order chi connectivity index (χ0) is 10.7. The molecule has 0 aromatic carbocycles. The first-order valence-corrected chi connectivity index (χ1v) is 5.82. The molecular formula is C11H20ClNO3. The second kappa shape index (κ2) is 6.42. The third-order valence-electron chi connectivity index (χ3n) is 3.59. The number of halogens is 1. The van der Waals surface area contributed by atoms with Crippen molar-refractivity contribution in [1.29, 1.82) is 0 Å². The van der Waals surface area contributed by atoms with Crippen LogP contribution in [0, 0.1) is 5.92 Å². The highest BCUT2D eigenvalue weighted by Gasteiger charge is 2.29. The smallest absolute Gasteiger partial charge is 0.306 e. The second-order valence-corrected chi connectivity index (χ2v) is 4.49. The van der Waals surface area contributed by atoms with Gasteiger partial charge in [-0.15, -0.1) is 12.4 Å². The SMILES string of the molecule is Cl.O=C(O)C1CCN(C2CCOCC2)CC1. The van der Waals surface area contributed by atoms with Gasteiger partial charge in [-0.05, 0) is 38.8 Å². The molecule has 2 aliphatic heterocycles. The van der Waals surface area contributed by atoms with Crippen LogP contribution in [0.5, 0.6) is 0 Å². The van der Waals surface area contributed by atoms with Crippen LogP contribution in [0.25, 0.3) is 0 Å². The molecule has 0 spiro atoms. The predicted octanol–water partition coefficient (Wildman–Crippen LogP) is 1.38. The summed E-state index contributed by atoms with van der Waals surface area (Å²) >= 11 is 0. The van der Waals surface area contributed by atoms with Crippen LogP contribution in [0.4, 0.5) is 0 Å². The van der Waals surface area contributed by atoms with Gasteiger partial charge in [0.2, 0.25) is 0 Å². The van der Waals surface area contributed by atoms with Gasteiger partial charge >= 0.3 is 5.97 Å². The quantitative estimate of drug-likeness (QED) is 0.804. The molecule has 2 aliphatic rings. The lowest BCUT2D eigenvalue weighted by molar-refractivity contribution is -0.143. The Bertz CT molecular complexity index is 223. The largest absolute Gasteiger partial charge is 0.481 e. The molecule has 0 saturated carbocycles. The standard InChI is InChI=1S/C11H19NO3.ClH/c13-11(14)9-1-5-12(6-2-9)10-3-7-15-8-4-10;/h9-10H,1-8H2,(H,13,14);1H. The van der Waals surface area contributed by atoms with Gasteiger partial charge in [0.25, 0.3) is 0 Å². The molecule has 0 aromatic rings. The molecule has 2 fully saturated rings. The van der Waals surface area contributed by atoms with Crippen molar-refractivity contribution < 1.29 is 14.6 Å². The van der Waals surface area contributed by atoms with Crippen LogP contribution in [0.15, 0.2) is 0 Å². The van der Waals surface area contributed by atoms with Gasteiger partial charge in [-0.25, -0.2) is 0 Å². The molecule has 5 heteroatoms. The zero-order valence-electron chi connectivity index (χ0n) is 9.43. The number of rotatable bonds is 2. The zero-order valence-corrected chi connectivity index (χ0v) is 10.2. The van der Waals surface area contributed by atoms with Gasteiger partial charge in [-0.1, -0.05) is 0 Å². The van der Waals surface area contributed by atoms with Gasteiger partial charge in [-0.3, -0.25) is 4.79 Å². The van der Waals surface area contributed by atoms with Crippen molar-refractivity contribution in [3.8, 4) is 0 Å². The minimum absolute atomic E-state index is 0. The summed E-state index contributed by atoms with van der Waals surface area (Å²) < 4.78 is 5.33. The maximum atomic E-state index is 10.8. The summed E-state index contributed by atoms with van der Waals surface area (Å²) in [5.41, 5.74) is 0. The first-order chi connectivity index (χ1) is 7.27. The molecule has 4 nitrogen and oxygen atoms in total. The van der Waals surface area contributed by atoms with E-state index >= 15 is 0 Å². The summed E-state index contributed by atoms with van der Waals surface area (Å²) in [6.07, 6.45) is 3.84. The Morgan fingerprint density at radius 2 is 1.69 bits per heavy atom. The summed E-state index contributed by atoms with van der Waals surface area (Å²) in [6.45, 7) is 3.62. The molecule has 2 rings (SSSR count). The fourth-order valence-electron chi connectivity index (χ4n) is 2.56. The van der Waals surface area contributed by atoms with Gasteiger partial charge < -0.3 is 14.7 Å². The Labute approximate surface area is 102 Å². The van der Waals surface area contributed by atoms with E-state index in [0.717, 1.165) is 52.0 Å². The van der Waals surface area contributed by atoms with Crippen molar-refractivity contribution in [3.05, 3.63) is 0 Å². The molecule has 1 N–H and O–H groups in total. The number of aliphatic carboxylic acids is 1. The number of hydrogen-bond acceptors (Lipinski definition) is 3. The number of carbonyl (C=O) groups is 1. The highest BCUT2D eigenvalue weighted by molar-refractivity contribution is 5.85. The number of carboxylic acids is 1. The van der Waals surface area contributed by atoms with Crippen molar-refractivity contribution in [3.63, 3.8) is 0 Å². The highest BCUT2D eigenvalue weighted by Crippen LogP contribution is 2.23. The van der Waals surface area contributed by atoms with Gasteiger partial charge in [0.05, 0.1) is 5.92 Å². The van der Waals surface area contributed by atoms with Gasteiger partial charge in [0.1, 0.15) is 0 Å². The van der Waals surface area contributed by atoms with E-state index in [1.807, 2.05) is 0 Å². The van der Waals surface area contributed by atoms with Gasteiger partial charge in [0.15, 0.2) is 0 Å². The topological polar surface area (TPSA) is 49.8 Å². The van der Waals surface area contributed by atoms with Crippen LogP contribution >= 0.6 is 12.4 Å². The average molecular weight is 250 g/mol. The molecule has 0 aliphatic carbocycles. The molecule has 0 aromatic heterocycles. The van der Waals surface area contributed by atoms with Crippen molar-refractivity contribution in [2.45, 2.75) is 31.7 Å². The fraction of sp³-hybridized carbons (Fsp3) is 0.909. The summed E-state index contributed by atoms with van der Waals surface area (Å²) in [5, 5.41) is 8.90. The molecule has 0 unspecified atom stereocenters. The number of piperidine rings is 1. The monoisotopic (exact) mass is 249 g/mol. The van der Waals surface area contributed by atoms with E-state index < -0.39 is 5.97 Å². The average Bonchev–Trinajstić information content (AvgIpc) is 2.30. The minimum atomic E-state index is -0.623. The number of carboxylic acid groups (broad SMARTS) is 1. The number of hydrogen-bond donors (Lipinski definition) is 1. The van der Waals surface area contributed by atoms with Crippen molar-refractivity contribution >= 4 is 18.4 Å². The third kappa shape index (κ3) is 3.34. The second-order valence-electron chi connectivity index (χ2n) is 4.49. The Kier molecular flexibility index (Phi) is 5.52. The maximum absolute atomic E-state index is 10.8.